The van der Waals surface area contributed by atoms with Gasteiger partial charge in [-0.05, 0) is 24.3 Å². The Morgan fingerprint density at radius 2 is 1.82 bits per heavy atom. The summed E-state index contributed by atoms with van der Waals surface area (Å²) in [5.41, 5.74) is 3.36. The third kappa shape index (κ3) is 3.59. The second-order valence-electron chi connectivity index (χ2n) is 7.27. The van der Waals surface area contributed by atoms with Crippen LogP contribution in [0.2, 0.25) is 0 Å². The van der Waals surface area contributed by atoms with Crippen LogP contribution in [0.5, 0.6) is 17.2 Å². The Labute approximate surface area is 189 Å². The van der Waals surface area contributed by atoms with E-state index in [4.69, 9.17) is 14.2 Å². The molecule has 0 unspecified atom stereocenters. The number of anilines is 1. The smallest absolute Gasteiger partial charge is 0.272 e. The predicted octanol–water partition coefficient (Wildman–Crippen LogP) is 4.16. The number of carbonyl (C=O) groups excluding carboxylic acids is 1. The molecule has 5 aromatic rings. The van der Waals surface area contributed by atoms with Crippen molar-refractivity contribution >= 4 is 28.3 Å². The molecule has 0 radical (unpaired) electrons. The zero-order valence-electron chi connectivity index (χ0n) is 18.2. The molecule has 0 fully saturated rings. The molecule has 3 aromatic heterocycles. The van der Waals surface area contributed by atoms with Gasteiger partial charge in [-0.15, -0.1) is 0 Å². The van der Waals surface area contributed by atoms with E-state index in [1.807, 2.05) is 47.1 Å². The van der Waals surface area contributed by atoms with Gasteiger partial charge in [-0.1, -0.05) is 12.1 Å². The SMILES string of the molecule is COc1cc(OC)c2cc(C(=O)Nc3ccc(-c4cn5cccnc5n4)cc3)[nH]c2c1OC. The Balaban J connectivity index is 1.41. The largest absolute Gasteiger partial charge is 0.496 e. The van der Waals surface area contributed by atoms with Crippen LogP contribution in [0, 0.1) is 0 Å². The number of aromatic nitrogens is 4. The maximum Gasteiger partial charge on any atom is 0.272 e. The van der Waals surface area contributed by atoms with Gasteiger partial charge in [-0.2, -0.15) is 0 Å². The number of amides is 1. The van der Waals surface area contributed by atoms with Crippen LogP contribution < -0.4 is 19.5 Å². The summed E-state index contributed by atoms with van der Waals surface area (Å²) in [4.78, 5) is 24.8. The molecule has 5 rings (SSSR count). The minimum absolute atomic E-state index is 0.293. The van der Waals surface area contributed by atoms with Crippen LogP contribution in [0.3, 0.4) is 0 Å². The zero-order chi connectivity index (χ0) is 22.9. The van der Waals surface area contributed by atoms with Gasteiger partial charge in [0.1, 0.15) is 11.4 Å². The summed E-state index contributed by atoms with van der Waals surface area (Å²) in [5, 5.41) is 3.63. The van der Waals surface area contributed by atoms with E-state index in [-0.39, 0.29) is 5.91 Å². The number of aromatic amines is 1. The van der Waals surface area contributed by atoms with E-state index in [2.05, 4.69) is 20.3 Å². The number of fused-ring (bicyclic) bond motifs is 2. The van der Waals surface area contributed by atoms with Gasteiger partial charge < -0.3 is 24.5 Å². The van der Waals surface area contributed by atoms with E-state index < -0.39 is 0 Å². The fourth-order valence-corrected chi connectivity index (χ4v) is 3.75. The van der Waals surface area contributed by atoms with Crippen LogP contribution in [0.4, 0.5) is 5.69 Å². The summed E-state index contributed by atoms with van der Waals surface area (Å²) in [6.07, 6.45) is 5.51. The summed E-state index contributed by atoms with van der Waals surface area (Å²) < 4.78 is 18.2. The molecule has 2 aromatic carbocycles. The van der Waals surface area contributed by atoms with Crippen molar-refractivity contribution in [2.45, 2.75) is 0 Å². The highest BCUT2D eigenvalue weighted by molar-refractivity contribution is 6.08. The molecule has 9 nitrogen and oxygen atoms in total. The van der Waals surface area contributed by atoms with Crippen molar-refractivity contribution in [3.63, 3.8) is 0 Å². The third-order valence-corrected chi connectivity index (χ3v) is 5.36. The van der Waals surface area contributed by atoms with Gasteiger partial charge in [0, 0.05) is 41.3 Å². The molecule has 3 heterocycles. The number of hydrogen-bond donors (Lipinski definition) is 2. The van der Waals surface area contributed by atoms with E-state index in [0.717, 1.165) is 16.6 Å². The van der Waals surface area contributed by atoms with E-state index in [1.54, 1.807) is 39.7 Å². The fourth-order valence-electron chi connectivity index (χ4n) is 3.75. The van der Waals surface area contributed by atoms with E-state index in [1.165, 1.54) is 0 Å². The molecule has 0 aliphatic heterocycles. The lowest BCUT2D eigenvalue weighted by Crippen LogP contribution is -2.12. The van der Waals surface area contributed by atoms with Crippen LogP contribution in [0.25, 0.3) is 27.9 Å². The maximum absolute atomic E-state index is 12.9. The van der Waals surface area contributed by atoms with Gasteiger partial charge in [-0.3, -0.25) is 9.20 Å². The summed E-state index contributed by atoms with van der Waals surface area (Å²) in [6.45, 7) is 0. The molecule has 166 valence electrons. The highest BCUT2D eigenvalue weighted by Crippen LogP contribution is 2.41. The van der Waals surface area contributed by atoms with Crippen molar-refractivity contribution < 1.29 is 19.0 Å². The van der Waals surface area contributed by atoms with Gasteiger partial charge in [0.05, 0.1) is 32.5 Å². The highest BCUT2D eigenvalue weighted by Gasteiger charge is 2.19. The fraction of sp³-hybridized carbons (Fsp3) is 0.125. The molecule has 0 atom stereocenters. The van der Waals surface area contributed by atoms with Gasteiger partial charge in [-0.25, -0.2) is 9.97 Å². The minimum atomic E-state index is -0.293. The molecule has 0 aliphatic carbocycles. The topological polar surface area (TPSA) is 103 Å². The van der Waals surface area contributed by atoms with Crippen LogP contribution in [0.15, 0.2) is 61.1 Å². The lowest BCUT2D eigenvalue weighted by molar-refractivity contribution is 0.102. The number of methoxy groups -OCH3 is 3. The molecule has 0 bridgehead atoms. The van der Waals surface area contributed by atoms with Crippen molar-refractivity contribution in [2.24, 2.45) is 0 Å². The third-order valence-electron chi connectivity index (χ3n) is 5.36. The Morgan fingerprint density at radius 1 is 1.03 bits per heavy atom. The molecule has 0 spiro atoms. The molecule has 2 N–H and O–H groups in total. The van der Waals surface area contributed by atoms with Crippen molar-refractivity contribution in [2.75, 3.05) is 26.6 Å². The summed E-state index contributed by atoms with van der Waals surface area (Å²) >= 11 is 0. The Bertz CT molecular complexity index is 1440. The Morgan fingerprint density at radius 3 is 2.52 bits per heavy atom. The molecule has 0 aliphatic rings. The number of carbonyl (C=O) groups is 1. The number of hydrogen-bond acceptors (Lipinski definition) is 6. The number of imidazole rings is 1. The monoisotopic (exact) mass is 443 g/mol. The second kappa shape index (κ2) is 8.19. The number of H-pyrrole nitrogens is 1. The van der Waals surface area contributed by atoms with Gasteiger partial charge in [0.25, 0.3) is 5.91 Å². The van der Waals surface area contributed by atoms with E-state index in [9.17, 15) is 4.79 Å². The van der Waals surface area contributed by atoms with Crippen LogP contribution in [0.1, 0.15) is 10.5 Å². The van der Waals surface area contributed by atoms with Crippen LogP contribution >= 0.6 is 0 Å². The normalized spacial score (nSPS) is 11.0. The highest BCUT2D eigenvalue weighted by atomic mass is 16.5. The molecular weight excluding hydrogens is 422 g/mol. The molecule has 0 saturated heterocycles. The summed E-state index contributed by atoms with van der Waals surface area (Å²) in [5.74, 6) is 1.92. The predicted molar refractivity (Wildman–Crippen MR) is 124 cm³/mol. The molecule has 9 heteroatoms. The quantitative estimate of drug-likeness (QED) is 0.409. The first-order valence-electron chi connectivity index (χ1n) is 10.1. The van der Waals surface area contributed by atoms with Crippen molar-refractivity contribution in [3.8, 4) is 28.5 Å². The van der Waals surface area contributed by atoms with Crippen molar-refractivity contribution in [3.05, 3.63) is 66.7 Å². The number of rotatable bonds is 6. The van der Waals surface area contributed by atoms with Crippen molar-refractivity contribution in [1.29, 1.82) is 0 Å². The first-order valence-corrected chi connectivity index (χ1v) is 10.1. The van der Waals surface area contributed by atoms with Gasteiger partial charge in [0.2, 0.25) is 5.78 Å². The number of ether oxygens (including phenoxy) is 3. The first kappa shape index (κ1) is 20.4. The van der Waals surface area contributed by atoms with Crippen molar-refractivity contribution in [1.82, 2.24) is 19.4 Å². The lowest BCUT2D eigenvalue weighted by Gasteiger charge is -2.11. The molecule has 0 saturated carbocycles. The first-order chi connectivity index (χ1) is 16.1. The van der Waals surface area contributed by atoms with Gasteiger partial charge >= 0.3 is 0 Å². The standard InChI is InChI=1S/C24H21N5O4/c1-31-19-12-20(32-2)22(33-3)21-16(19)11-17(27-21)23(30)26-15-7-5-14(6-8-15)18-13-29-10-4-9-25-24(29)28-18/h4-13,27H,1-3H3,(H,26,30). The zero-order valence-corrected chi connectivity index (χ0v) is 18.2. The number of benzene rings is 2. The Kier molecular flexibility index (Phi) is 5.06. The number of nitrogens with zero attached hydrogens (tertiary/aromatic N) is 3. The number of nitrogens with one attached hydrogen (secondary N) is 2. The van der Waals surface area contributed by atoms with Gasteiger partial charge in [0.15, 0.2) is 11.5 Å². The molecular formula is C24H21N5O4. The molecule has 33 heavy (non-hydrogen) atoms. The minimum Gasteiger partial charge on any atom is -0.496 e. The lowest BCUT2D eigenvalue weighted by atomic mass is 10.1. The van der Waals surface area contributed by atoms with E-state index >= 15 is 0 Å². The summed E-state index contributed by atoms with van der Waals surface area (Å²) in [6, 6.07) is 12.8. The van der Waals surface area contributed by atoms with Crippen LogP contribution in [-0.2, 0) is 0 Å². The Hall–Kier alpha value is -4.53. The second-order valence-corrected chi connectivity index (χ2v) is 7.27. The molecule has 1 amide bonds. The van der Waals surface area contributed by atoms with Crippen LogP contribution in [-0.4, -0.2) is 46.6 Å². The average Bonchev–Trinajstić information content (AvgIpc) is 3.48. The van der Waals surface area contributed by atoms with E-state index in [0.29, 0.717) is 39.9 Å². The summed E-state index contributed by atoms with van der Waals surface area (Å²) in [7, 11) is 4.66. The average molecular weight is 443 g/mol. The maximum atomic E-state index is 12.9.